The van der Waals surface area contributed by atoms with Gasteiger partial charge in [0, 0.05) is 43.9 Å². The number of carbonyl (C=O) groups excluding carboxylic acids is 1. The molecule has 0 bridgehead atoms. The van der Waals surface area contributed by atoms with Crippen LogP contribution in [0.5, 0.6) is 0 Å². The molecular weight excluding hydrogens is 433 g/mol. The van der Waals surface area contributed by atoms with Gasteiger partial charge >= 0.3 is 6.18 Å². The van der Waals surface area contributed by atoms with Gasteiger partial charge in [-0.3, -0.25) is 4.79 Å². The van der Waals surface area contributed by atoms with Crippen LogP contribution in [0.25, 0.3) is 0 Å². The monoisotopic (exact) mass is 462 g/mol. The van der Waals surface area contributed by atoms with Gasteiger partial charge in [0.15, 0.2) is 11.4 Å². The van der Waals surface area contributed by atoms with E-state index in [2.05, 4.69) is 20.6 Å². The van der Waals surface area contributed by atoms with Crippen LogP contribution in [0.2, 0.25) is 0 Å². The Balaban J connectivity index is 1.45. The van der Waals surface area contributed by atoms with Crippen LogP contribution in [0.4, 0.5) is 19.0 Å². The lowest BCUT2D eigenvalue weighted by Crippen LogP contribution is -2.65. The first kappa shape index (κ1) is 23.6. The number of nitrogens with one attached hydrogen (secondary N) is 2. The first-order chi connectivity index (χ1) is 15.6. The van der Waals surface area contributed by atoms with Crippen molar-refractivity contribution in [3.05, 3.63) is 52.5 Å². The molecule has 0 radical (unpaired) electrons. The Morgan fingerprint density at radius 1 is 1.30 bits per heavy atom. The summed E-state index contributed by atoms with van der Waals surface area (Å²) < 4.78 is 44.8. The molecule has 0 spiro atoms. The number of rotatable bonds is 8. The molecule has 2 N–H and O–H groups in total. The molecule has 1 fully saturated rings. The molecule has 0 saturated carbocycles. The standard InChI is InChI=1S/C24H29F3N4O2/c1-14(17-5-4-6-18(11-17)24(25,26)27)29-22-19-9-16(10-20(19)30-15(2)31-22)7-8-21(32)23(33-3)12-28-13-23/h4-6,11,14,16,28H,7-10,12-13H2,1-3H3,(H,29,30,31)/t14-,16?/m1/s1. The number of carbonyl (C=O) groups is 1. The van der Waals surface area contributed by atoms with Crippen molar-refractivity contribution in [1.82, 2.24) is 15.3 Å². The van der Waals surface area contributed by atoms with Crippen molar-refractivity contribution in [3.8, 4) is 0 Å². The Kier molecular flexibility index (Phi) is 6.46. The number of ketones is 1. The average Bonchev–Trinajstić information content (AvgIpc) is 3.14. The van der Waals surface area contributed by atoms with Gasteiger partial charge in [0.25, 0.3) is 0 Å². The van der Waals surface area contributed by atoms with Gasteiger partial charge in [-0.05, 0) is 56.7 Å². The Bertz CT molecular complexity index is 1030. The highest BCUT2D eigenvalue weighted by Gasteiger charge is 2.44. The van der Waals surface area contributed by atoms with E-state index in [-0.39, 0.29) is 17.7 Å². The third kappa shape index (κ3) is 4.89. The minimum Gasteiger partial charge on any atom is -0.368 e. The van der Waals surface area contributed by atoms with Crippen LogP contribution in [0, 0.1) is 12.8 Å². The van der Waals surface area contributed by atoms with Crippen LogP contribution in [-0.2, 0) is 28.5 Å². The molecule has 1 aromatic heterocycles. The van der Waals surface area contributed by atoms with Crippen molar-refractivity contribution < 1.29 is 22.7 Å². The molecule has 1 aliphatic heterocycles. The second kappa shape index (κ2) is 9.02. The number of aryl methyl sites for hydroxylation is 1. The number of alkyl halides is 3. The molecule has 4 rings (SSSR count). The quantitative estimate of drug-likeness (QED) is 0.617. The molecule has 178 valence electrons. The number of hydrogen-bond donors (Lipinski definition) is 2. The highest BCUT2D eigenvalue weighted by Crippen LogP contribution is 2.36. The summed E-state index contributed by atoms with van der Waals surface area (Å²) in [5.41, 5.74) is 1.12. The summed E-state index contributed by atoms with van der Waals surface area (Å²) in [4.78, 5) is 21.8. The molecule has 6 nitrogen and oxygen atoms in total. The van der Waals surface area contributed by atoms with Gasteiger partial charge in [-0.25, -0.2) is 9.97 Å². The van der Waals surface area contributed by atoms with Crippen molar-refractivity contribution in [1.29, 1.82) is 0 Å². The Morgan fingerprint density at radius 3 is 2.70 bits per heavy atom. The van der Waals surface area contributed by atoms with E-state index in [0.29, 0.717) is 36.7 Å². The molecule has 1 aromatic carbocycles. The molecule has 2 atom stereocenters. The summed E-state index contributed by atoms with van der Waals surface area (Å²) >= 11 is 0. The van der Waals surface area contributed by atoms with Gasteiger partial charge in [-0.15, -0.1) is 0 Å². The number of ether oxygens (including phenoxy) is 1. The van der Waals surface area contributed by atoms with Gasteiger partial charge in [-0.2, -0.15) is 13.2 Å². The minimum atomic E-state index is -4.38. The molecule has 1 saturated heterocycles. The van der Waals surface area contributed by atoms with E-state index in [1.54, 1.807) is 13.2 Å². The van der Waals surface area contributed by atoms with E-state index in [1.165, 1.54) is 12.1 Å². The average molecular weight is 463 g/mol. The molecule has 1 aliphatic carbocycles. The predicted molar refractivity (Wildman–Crippen MR) is 118 cm³/mol. The largest absolute Gasteiger partial charge is 0.416 e. The number of methoxy groups -OCH3 is 1. The smallest absolute Gasteiger partial charge is 0.368 e. The molecule has 33 heavy (non-hydrogen) atoms. The lowest BCUT2D eigenvalue weighted by atomic mass is 9.86. The van der Waals surface area contributed by atoms with Gasteiger partial charge in [0.1, 0.15) is 11.6 Å². The highest BCUT2D eigenvalue weighted by molar-refractivity contribution is 5.89. The Hall–Kier alpha value is -2.52. The highest BCUT2D eigenvalue weighted by atomic mass is 19.4. The van der Waals surface area contributed by atoms with Gasteiger partial charge in [-0.1, -0.05) is 12.1 Å². The number of hydrogen-bond acceptors (Lipinski definition) is 6. The van der Waals surface area contributed by atoms with E-state index in [9.17, 15) is 18.0 Å². The maximum Gasteiger partial charge on any atom is 0.416 e. The molecule has 2 aromatic rings. The zero-order valence-corrected chi connectivity index (χ0v) is 19.1. The maximum absolute atomic E-state index is 13.1. The topological polar surface area (TPSA) is 76.1 Å². The fourth-order valence-electron chi connectivity index (χ4n) is 4.64. The molecule has 2 aliphatic rings. The van der Waals surface area contributed by atoms with Crippen LogP contribution >= 0.6 is 0 Å². The van der Waals surface area contributed by atoms with Crippen LogP contribution in [-0.4, -0.2) is 41.6 Å². The normalized spacial score (nSPS) is 20.1. The molecule has 9 heteroatoms. The third-order valence-electron chi connectivity index (χ3n) is 6.75. The second-order valence-electron chi connectivity index (χ2n) is 9.07. The first-order valence-corrected chi connectivity index (χ1v) is 11.2. The SMILES string of the molecule is COC1(C(=O)CCC2Cc3nc(C)nc(N[C@H](C)c4cccc(C(F)(F)F)c4)c3C2)CNC1. The van der Waals surface area contributed by atoms with Crippen LogP contribution in [0.3, 0.4) is 0 Å². The first-order valence-electron chi connectivity index (χ1n) is 11.2. The summed E-state index contributed by atoms with van der Waals surface area (Å²) in [7, 11) is 1.58. The molecular formula is C24H29F3N4O2. The third-order valence-corrected chi connectivity index (χ3v) is 6.75. The Morgan fingerprint density at radius 2 is 2.06 bits per heavy atom. The second-order valence-corrected chi connectivity index (χ2v) is 9.07. The summed E-state index contributed by atoms with van der Waals surface area (Å²) in [5.74, 6) is 1.67. The number of halogens is 3. The predicted octanol–water partition coefficient (Wildman–Crippen LogP) is 4.03. The molecule has 0 amide bonds. The number of Topliss-reactive ketones (excluding diaryl/α,β-unsaturated/α-hetero) is 1. The fourth-order valence-corrected chi connectivity index (χ4v) is 4.64. The summed E-state index contributed by atoms with van der Waals surface area (Å²) in [5, 5.41) is 6.40. The van der Waals surface area contributed by atoms with E-state index in [4.69, 9.17) is 4.74 Å². The van der Waals surface area contributed by atoms with E-state index in [0.717, 1.165) is 36.6 Å². The molecule has 2 heterocycles. The molecule has 1 unspecified atom stereocenters. The van der Waals surface area contributed by atoms with Crippen molar-refractivity contribution in [3.63, 3.8) is 0 Å². The maximum atomic E-state index is 13.1. The number of nitrogens with zero attached hydrogens (tertiary/aromatic N) is 2. The van der Waals surface area contributed by atoms with Gasteiger partial charge < -0.3 is 15.4 Å². The zero-order chi connectivity index (χ0) is 23.8. The lowest BCUT2D eigenvalue weighted by Gasteiger charge is -2.39. The van der Waals surface area contributed by atoms with Gasteiger partial charge in [0.05, 0.1) is 5.56 Å². The van der Waals surface area contributed by atoms with E-state index in [1.807, 2.05) is 13.8 Å². The Labute approximate surface area is 191 Å². The van der Waals surface area contributed by atoms with Crippen LogP contribution in [0.15, 0.2) is 24.3 Å². The fraction of sp³-hybridized carbons (Fsp3) is 0.542. The number of aromatic nitrogens is 2. The number of fused-ring (bicyclic) bond motifs is 1. The number of anilines is 1. The van der Waals surface area contributed by atoms with Gasteiger partial charge in [0.2, 0.25) is 0 Å². The van der Waals surface area contributed by atoms with Crippen molar-refractivity contribution in [2.75, 3.05) is 25.5 Å². The van der Waals surface area contributed by atoms with Crippen molar-refractivity contribution in [2.45, 2.75) is 57.3 Å². The van der Waals surface area contributed by atoms with Crippen molar-refractivity contribution in [2.24, 2.45) is 5.92 Å². The minimum absolute atomic E-state index is 0.124. The van der Waals surface area contributed by atoms with E-state index >= 15 is 0 Å². The summed E-state index contributed by atoms with van der Waals surface area (Å²) in [6.07, 6.45) is -1.70. The summed E-state index contributed by atoms with van der Waals surface area (Å²) in [6, 6.07) is 4.97. The van der Waals surface area contributed by atoms with E-state index < -0.39 is 17.3 Å². The zero-order valence-electron chi connectivity index (χ0n) is 19.1. The van der Waals surface area contributed by atoms with Crippen LogP contribution < -0.4 is 10.6 Å². The number of benzene rings is 1. The van der Waals surface area contributed by atoms with Crippen LogP contribution in [0.1, 0.15) is 54.0 Å². The summed E-state index contributed by atoms with van der Waals surface area (Å²) in [6.45, 7) is 4.74. The van der Waals surface area contributed by atoms with Crippen molar-refractivity contribution >= 4 is 11.6 Å². The lowest BCUT2D eigenvalue weighted by molar-refractivity contribution is -0.147.